The van der Waals surface area contributed by atoms with Gasteiger partial charge in [-0.05, 0) is 69.3 Å². The third-order valence-electron chi connectivity index (χ3n) is 5.89. The van der Waals surface area contributed by atoms with E-state index in [1.54, 1.807) is 16.7 Å². The number of alkyl halides is 3. The Bertz CT molecular complexity index is 1160. The summed E-state index contributed by atoms with van der Waals surface area (Å²) in [6, 6.07) is 10.6. The van der Waals surface area contributed by atoms with E-state index in [0.29, 0.717) is 16.7 Å². The van der Waals surface area contributed by atoms with Crippen LogP contribution in [0.3, 0.4) is 0 Å². The van der Waals surface area contributed by atoms with Crippen molar-refractivity contribution in [3.8, 4) is 5.69 Å². The van der Waals surface area contributed by atoms with Gasteiger partial charge in [0.1, 0.15) is 5.82 Å². The predicted molar refractivity (Wildman–Crippen MR) is 126 cm³/mol. The zero-order chi connectivity index (χ0) is 25.0. The quantitative estimate of drug-likeness (QED) is 0.328. The van der Waals surface area contributed by atoms with Crippen molar-refractivity contribution in [3.05, 3.63) is 65.7 Å². The number of hydrogen-bond acceptors (Lipinski definition) is 5. The molecule has 11 heteroatoms. The van der Waals surface area contributed by atoms with E-state index < -0.39 is 17.6 Å². The highest BCUT2D eigenvalue weighted by Crippen LogP contribution is 2.35. The Kier molecular flexibility index (Phi) is 7.75. The molecule has 1 N–H and O–H groups in total. The van der Waals surface area contributed by atoms with E-state index in [4.69, 9.17) is 0 Å². The fourth-order valence-corrected chi connectivity index (χ4v) is 4.86. The maximum Gasteiger partial charge on any atom is 0.418 e. The summed E-state index contributed by atoms with van der Waals surface area (Å²) in [5.74, 6) is -0.511. The lowest BCUT2D eigenvalue weighted by atomic mass is 10.1. The molecule has 0 aliphatic carbocycles. The second kappa shape index (κ2) is 10.8. The zero-order valence-corrected chi connectivity index (χ0v) is 19.9. The third-order valence-corrected chi connectivity index (χ3v) is 6.82. The SMILES string of the molecule is C[C@@H](c1nnc(SCC(=O)Nc2ccccc2C(F)(F)F)n1-c1ccc(F)cc1)N1CCCCC1. The van der Waals surface area contributed by atoms with Gasteiger partial charge >= 0.3 is 6.18 Å². The third kappa shape index (κ3) is 6.02. The number of rotatable bonds is 7. The van der Waals surface area contributed by atoms with Crippen LogP contribution in [-0.2, 0) is 11.0 Å². The lowest BCUT2D eigenvalue weighted by molar-refractivity contribution is -0.137. The van der Waals surface area contributed by atoms with E-state index in [0.717, 1.165) is 43.8 Å². The van der Waals surface area contributed by atoms with Crippen molar-refractivity contribution in [2.24, 2.45) is 0 Å². The molecule has 0 unspecified atom stereocenters. The fraction of sp³-hybridized carbons (Fsp3) is 0.375. The average molecular weight is 508 g/mol. The van der Waals surface area contributed by atoms with Gasteiger partial charge < -0.3 is 5.32 Å². The Balaban J connectivity index is 1.55. The Morgan fingerprint density at radius 2 is 1.74 bits per heavy atom. The molecule has 1 fully saturated rings. The van der Waals surface area contributed by atoms with Gasteiger partial charge in [-0.2, -0.15) is 13.2 Å². The van der Waals surface area contributed by atoms with Gasteiger partial charge in [-0.15, -0.1) is 10.2 Å². The minimum atomic E-state index is -4.58. The maximum absolute atomic E-state index is 13.6. The van der Waals surface area contributed by atoms with E-state index in [9.17, 15) is 22.4 Å². The molecule has 1 aliphatic heterocycles. The molecule has 2 heterocycles. The summed E-state index contributed by atoms with van der Waals surface area (Å²) in [5.41, 5.74) is -0.573. The summed E-state index contributed by atoms with van der Waals surface area (Å²) < 4.78 is 55.1. The highest BCUT2D eigenvalue weighted by Gasteiger charge is 2.33. The van der Waals surface area contributed by atoms with E-state index >= 15 is 0 Å². The maximum atomic E-state index is 13.6. The van der Waals surface area contributed by atoms with Crippen LogP contribution in [0.4, 0.5) is 23.2 Å². The van der Waals surface area contributed by atoms with Gasteiger partial charge in [0.2, 0.25) is 5.91 Å². The second-order valence-corrected chi connectivity index (χ2v) is 9.25. The average Bonchev–Trinajstić information content (AvgIpc) is 3.27. The Morgan fingerprint density at radius 3 is 2.43 bits per heavy atom. The first-order valence-electron chi connectivity index (χ1n) is 11.3. The molecule has 1 aromatic heterocycles. The van der Waals surface area contributed by atoms with Crippen LogP contribution in [-0.4, -0.2) is 44.4 Å². The lowest BCUT2D eigenvalue weighted by Crippen LogP contribution is -2.33. The molecule has 0 bridgehead atoms. The van der Waals surface area contributed by atoms with Gasteiger partial charge in [0, 0.05) is 5.69 Å². The number of likely N-dealkylation sites (tertiary alicyclic amines) is 1. The number of anilines is 1. The largest absolute Gasteiger partial charge is 0.418 e. The van der Waals surface area contributed by atoms with Crippen LogP contribution in [0.15, 0.2) is 53.7 Å². The number of aromatic nitrogens is 3. The molecule has 0 spiro atoms. The summed E-state index contributed by atoms with van der Waals surface area (Å²) in [7, 11) is 0. The number of para-hydroxylation sites is 1. The van der Waals surface area contributed by atoms with Crippen LogP contribution in [0.5, 0.6) is 0 Å². The van der Waals surface area contributed by atoms with Crippen LogP contribution in [0, 0.1) is 5.82 Å². The molecular formula is C24H25F4N5OS. The number of piperidine rings is 1. The van der Waals surface area contributed by atoms with Crippen LogP contribution < -0.4 is 5.32 Å². The molecule has 1 saturated heterocycles. The van der Waals surface area contributed by atoms with Crippen molar-refractivity contribution in [3.63, 3.8) is 0 Å². The molecular weight excluding hydrogens is 482 g/mol. The van der Waals surface area contributed by atoms with E-state index in [-0.39, 0.29) is 23.3 Å². The van der Waals surface area contributed by atoms with Crippen molar-refractivity contribution in [1.29, 1.82) is 0 Å². The molecule has 4 rings (SSSR count). The Morgan fingerprint density at radius 1 is 1.06 bits per heavy atom. The van der Waals surface area contributed by atoms with Crippen LogP contribution in [0.1, 0.15) is 43.6 Å². The van der Waals surface area contributed by atoms with Crippen molar-refractivity contribution < 1.29 is 22.4 Å². The number of halogens is 4. The normalized spacial score (nSPS) is 15.7. The molecule has 0 radical (unpaired) electrons. The van der Waals surface area contributed by atoms with Crippen LogP contribution >= 0.6 is 11.8 Å². The van der Waals surface area contributed by atoms with Crippen molar-refractivity contribution >= 4 is 23.4 Å². The Hall–Kier alpha value is -2.92. The number of benzene rings is 2. The molecule has 1 amide bonds. The Labute approximate surface area is 204 Å². The summed E-state index contributed by atoms with van der Waals surface area (Å²) >= 11 is 1.06. The first kappa shape index (κ1) is 25.2. The van der Waals surface area contributed by atoms with Crippen molar-refractivity contribution in [2.75, 3.05) is 24.2 Å². The van der Waals surface area contributed by atoms with Crippen molar-refractivity contribution in [1.82, 2.24) is 19.7 Å². The standard InChI is InChI=1S/C24H25F4N5OS/c1-16(32-13-5-2-6-14-32)22-30-31-23(33(22)18-11-9-17(25)10-12-18)35-15-21(34)29-20-8-4-3-7-19(20)24(26,27)28/h3-4,7-12,16H,2,5-6,13-15H2,1H3,(H,29,34)/t16-/m0/s1. The van der Waals surface area contributed by atoms with Gasteiger partial charge in [0.25, 0.3) is 0 Å². The highest BCUT2D eigenvalue weighted by atomic mass is 32.2. The number of amides is 1. The number of nitrogens with one attached hydrogen (secondary N) is 1. The van der Waals surface area contributed by atoms with Gasteiger partial charge in [-0.1, -0.05) is 30.3 Å². The predicted octanol–water partition coefficient (Wildman–Crippen LogP) is 5.70. The number of hydrogen-bond donors (Lipinski definition) is 1. The summed E-state index contributed by atoms with van der Waals surface area (Å²) in [4.78, 5) is 14.8. The zero-order valence-electron chi connectivity index (χ0n) is 19.1. The van der Waals surface area contributed by atoms with E-state index in [2.05, 4.69) is 20.4 Å². The minimum absolute atomic E-state index is 0.0605. The molecule has 186 valence electrons. The summed E-state index contributed by atoms with van der Waals surface area (Å²) in [6.45, 7) is 3.90. The molecule has 3 aromatic rings. The number of nitrogens with zero attached hydrogens (tertiary/aromatic N) is 4. The first-order valence-corrected chi connectivity index (χ1v) is 12.3. The minimum Gasteiger partial charge on any atom is -0.325 e. The summed E-state index contributed by atoms with van der Waals surface area (Å²) in [5, 5.41) is 11.4. The molecule has 2 aromatic carbocycles. The summed E-state index contributed by atoms with van der Waals surface area (Å²) in [6.07, 6.45) is -1.22. The molecule has 6 nitrogen and oxygen atoms in total. The fourth-order valence-electron chi connectivity index (χ4n) is 4.10. The molecule has 35 heavy (non-hydrogen) atoms. The van der Waals surface area contributed by atoms with Gasteiger partial charge in [0.15, 0.2) is 11.0 Å². The van der Waals surface area contributed by atoms with E-state index in [1.807, 2.05) is 6.92 Å². The lowest BCUT2D eigenvalue weighted by Gasteiger charge is -2.31. The van der Waals surface area contributed by atoms with Crippen molar-refractivity contribution in [2.45, 2.75) is 43.6 Å². The topological polar surface area (TPSA) is 63.1 Å². The second-order valence-electron chi connectivity index (χ2n) is 8.31. The highest BCUT2D eigenvalue weighted by molar-refractivity contribution is 7.99. The van der Waals surface area contributed by atoms with Crippen LogP contribution in [0.25, 0.3) is 5.69 Å². The first-order chi connectivity index (χ1) is 16.7. The van der Waals surface area contributed by atoms with Gasteiger partial charge in [-0.3, -0.25) is 14.3 Å². The number of carbonyl (C=O) groups is 1. The molecule has 1 aliphatic rings. The number of carbonyl (C=O) groups excluding carboxylic acids is 1. The van der Waals surface area contributed by atoms with Crippen LogP contribution in [0.2, 0.25) is 0 Å². The van der Waals surface area contributed by atoms with Gasteiger partial charge in [0.05, 0.1) is 23.0 Å². The molecule has 0 saturated carbocycles. The van der Waals surface area contributed by atoms with E-state index in [1.165, 1.54) is 36.8 Å². The number of thioether (sulfide) groups is 1. The smallest absolute Gasteiger partial charge is 0.325 e. The monoisotopic (exact) mass is 507 g/mol. The van der Waals surface area contributed by atoms with Gasteiger partial charge in [-0.25, -0.2) is 4.39 Å². The molecule has 1 atom stereocenters.